The van der Waals surface area contributed by atoms with Gasteiger partial charge in [0.2, 0.25) is 0 Å². The van der Waals surface area contributed by atoms with Crippen molar-refractivity contribution in [3.8, 4) is 5.75 Å². The van der Waals surface area contributed by atoms with Crippen LogP contribution in [0, 0.1) is 5.21 Å². The molecule has 0 saturated carbocycles. The largest absolute Gasteiger partial charge is 0.754 e. The molecule has 6 heteroatoms. The van der Waals surface area contributed by atoms with Gasteiger partial charge in [-0.3, -0.25) is 0 Å². The van der Waals surface area contributed by atoms with Gasteiger partial charge in [-0.05, 0) is 100 Å². The predicted molar refractivity (Wildman–Crippen MR) is 154 cm³/mol. The van der Waals surface area contributed by atoms with Crippen molar-refractivity contribution >= 4 is 11.8 Å². The quantitative estimate of drug-likeness (QED) is 0.260. The van der Waals surface area contributed by atoms with Crippen molar-refractivity contribution < 1.29 is 9.47 Å². The van der Waals surface area contributed by atoms with Crippen LogP contribution in [-0.2, 0) is 4.74 Å². The van der Waals surface area contributed by atoms with Gasteiger partial charge in [0.1, 0.15) is 11.5 Å². The van der Waals surface area contributed by atoms with Gasteiger partial charge in [-0.1, -0.05) is 33.8 Å². The molecule has 1 aromatic carbocycles. The maximum Gasteiger partial charge on any atom is 0.119 e. The van der Waals surface area contributed by atoms with E-state index in [0.717, 1.165) is 84.7 Å². The molecule has 0 unspecified atom stereocenters. The zero-order valence-corrected chi connectivity index (χ0v) is 23.6. The number of hydrogen-bond donors (Lipinski definition) is 0. The van der Waals surface area contributed by atoms with Crippen molar-refractivity contribution in [3.63, 3.8) is 0 Å². The Morgan fingerprint density at radius 3 is 2.00 bits per heavy atom. The third-order valence-corrected chi connectivity index (χ3v) is 6.87. The van der Waals surface area contributed by atoms with Gasteiger partial charge in [-0.15, -0.1) is 0 Å². The van der Waals surface area contributed by atoms with Crippen LogP contribution < -0.4 is 15.2 Å². The summed E-state index contributed by atoms with van der Waals surface area (Å²) >= 11 is 0. The minimum Gasteiger partial charge on any atom is -0.754 e. The summed E-state index contributed by atoms with van der Waals surface area (Å²) in [6.07, 6.45) is 13.1. The molecule has 1 heterocycles. The van der Waals surface area contributed by atoms with Crippen molar-refractivity contribution in [1.29, 1.82) is 0 Å². The van der Waals surface area contributed by atoms with Crippen molar-refractivity contribution in [2.24, 2.45) is 0 Å². The highest BCUT2D eigenvalue weighted by molar-refractivity contribution is 5.72. The van der Waals surface area contributed by atoms with E-state index < -0.39 is 0 Å². The van der Waals surface area contributed by atoms with E-state index in [1.807, 2.05) is 18.2 Å². The Bertz CT molecular complexity index is 1010. The molecule has 1 aromatic rings. The second-order valence-corrected chi connectivity index (χ2v) is 10.1. The number of rotatable bonds is 18. The molecule has 0 atom stereocenters. The highest BCUT2D eigenvalue weighted by Crippen LogP contribution is 2.28. The lowest BCUT2D eigenvalue weighted by molar-refractivity contribution is 0.188. The maximum atomic E-state index is 12.9. The van der Waals surface area contributed by atoms with Crippen molar-refractivity contribution in [2.75, 3.05) is 52.5 Å². The van der Waals surface area contributed by atoms with Gasteiger partial charge in [-0.25, -0.2) is 0 Å². The zero-order chi connectivity index (χ0) is 26.5. The fraction of sp³-hybridized carbons (Fsp3) is 0.613. The highest BCUT2D eigenvalue weighted by atomic mass is 16.5. The highest BCUT2D eigenvalue weighted by Gasteiger charge is 2.17. The van der Waals surface area contributed by atoms with Gasteiger partial charge in [0.25, 0.3) is 0 Å². The molecule has 0 saturated heterocycles. The van der Waals surface area contributed by atoms with E-state index in [1.165, 1.54) is 25.7 Å². The number of hydroxylamine groups is 2. The monoisotopic (exact) mass is 510 g/mol. The third-order valence-electron chi connectivity index (χ3n) is 6.87. The maximum absolute atomic E-state index is 12.9. The summed E-state index contributed by atoms with van der Waals surface area (Å²) < 4.78 is 12.1. The summed E-state index contributed by atoms with van der Waals surface area (Å²) in [6, 6.07) is 6.11. The van der Waals surface area contributed by atoms with Crippen molar-refractivity contribution in [1.82, 2.24) is 14.9 Å². The number of allylic oxidation sites excluding steroid dienone is 3. The van der Waals surface area contributed by atoms with Crippen LogP contribution in [0.3, 0.4) is 0 Å². The Labute approximate surface area is 224 Å². The first-order chi connectivity index (χ1) is 18.1. The standard InChI is InChI=1S/C31H48N3O3/c1-5-15-32(16-6-2)19-9-21-36-27-11-13-29-26(23-27)25-34(35)31-24-28(12-14-30(29)31)37-22-10-20-33(17-7-3)18-8-4/h11-13,23-25H,5-10,14-22H2,1-4H3/q-1. The van der Waals surface area contributed by atoms with Crippen LogP contribution in [0.25, 0.3) is 11.8 Å². The van der Waals surface area contributed by atoms with E-state index >= 15 is 0 Å². The van der Waals surface area contributed by atoms with Crippen LogP contribution in [0.4, 0.5) is 0 Å². The molecule has 0 N–H and O–H groups in total. The molecular formula is C31H48N3O3-. The molecule has 0 radical (unpaired) electrons. The number of ether oxygens (including phenoxy) is 2. The minimum atomic E-state index is 0.670. The Balaban J connectivity index is 1.55. The lowest BCUT2D eigenvalue weighted by atomic mass is 9.97. The van der Waals surface area contributed by atoms with E-state index in [1.54, 1.807) is 6.20 Å². The molecule has 2 aliphatic rings. The van der Waals surface area contributed by atoms with Crippen LogP contribution in [0.2, 0.25) is 0 Å². The van der Waals surface area contributed by atoms with E-state index in [2.05, 4.69) is 49.6 Å². The van der Waals surface area contributed by atoms with E-state index in [-0.39, 0.29) is 0 Å². The molecule has 206 valence electrons. The zero-order valence-electron chi connectivity index (χ0n) is 23.6. The first-order valence-corrected chi connectivity index (χ1v) is 14.5. The van der Waals surface area contributed by atoms with Gasteiger partial charge in [0.15, 0.2) is 0 Å². The average molecular weight is 511 g/mol. The smallest absolute Gasteiger partial charge is 0.119 e. The molecule has 37 heavy (non-hydrogen) atoms. The fourth-order valence-corrected chi connectivity index (χ4v) is 5.23. The van der Waals surface area contributed by atoms with Gasteiger partial charge >= 0.3 is 0 Å². The lowest BCUT2D eigenvalue weighted by Crippen LogP contribution is -2.36. The molecule has 3 rings (SSSR count). The lowest BCUT2D eigenvalue weighted by Gasteiger charge is -2.35. The summed E-state index contributed by atoms with van der Waals surface area (Å²) in [6.45, 7) is 17.0. The molecule has 1 aliphatic carbocycles. The molecule has 1 aliphatic heterocycles. The van der Waals surface area contributed by atoms with E-state index in [0.29, 0.717) is 25.3 Å². The summed E-state index contributed by atoms with van der Waals surface area (Å²) in [5.41, 5.74) is 1.74. The normalized spacial score (nSPS) is 14.8. The number of nitrogens with zero attached hydrogens (tertiary/aromatic N) is 3. The molecule has 0 bridgehead atoms. The number of benzene rings is 1. The molecule has 0 amide bonds. The van der Waals surface area contributed by atoms with E-state index in [4.69, 9.17) is 9.47 Å². The molecular weight excluding hydrogens is 462 g/mol. The second-order valence-electron chi connectivity index (χ2n) is 10.1. The van der Waals surface area contributed by atoms with Gasteiger partial charge in [0, 0.05) is 36.3 Å². The first kappa shape index (κ1) is 29.3. The van der Waals surface area contributed by atoms with Crippen LogP contribution >= 0.6 is 0 Å². The second kappa shape index (κ2) is 15.9. The Morgan fingerprint density at radius 2 is 1.41 bits per heavy atom. The third kappa shape index (κ3) is 8.91. The number of hydrogen-bond acceptors (Lipinski definition) is 6. The number of fused-ring (bicyclic) bond motifs is 2. The Morgan fingerprint density at radius 1 is 0.811 bits per heavy atom. The van der Waals surface area contributed by atoms with Gasteiger partial charge < -0.3 is 29.5 Å². The van der Waals surface area contributed by atoms with Gasteiger partial charge in [0.05, 0.1) is 13.2 Å². The van der Waals surface area contributed by atoms with Crippen LogP contribution in [0.1, 0.15) is 72.6 Å². The van der Waals surface area contributed by atoms with Crippen LogP contribution in [-0.4, -0.2) is 67.3 Å². The molecule has 0 aromatic heterocycles. The SMILES string of the molecule is CCCN(CCC)CCCOC1=CCC2=c3ccc(OCCCN(CCC)CCC)cc3=CN([O-])C2=C1. The van der Waals surface area contributed by atoms with Gasteiger partial charge in [-0.2, -0.15) is 0 Å². The Hall–Kier alpha value is -2.28. The molecule has 6 nitrogen and oxygen atoms in total. The summed E-state index contributed by atoms with van der Waals surface area (Å²) in [5.74, 6) is 1.62. The first-order valence-electron chi connectivity index (χ1n) is 14.5. The Kier molecular flexibility index (Phi) is 12.5. The minimum absolute atomic E-state index is 0.670. The fourth-order valence-electron chi connectivity index (χ4n) is 5.23. The van der Waals surface area contributed by atoms with E-state index in [9.17, 15) is 5.21 Å². The van der Waals surface area contributed by atoms with Crippen molar-refractivity contribution in [3.05, 3.63) is 57.5 Å². The summed E-state index contributed by atoms with van der Waals surface area (Å²) in [7, 11) is 0. The summed E-state index contributed by atoms with van der Waals surface area (Å²) in [5, 5.41) is 15.9. The summed E-state index contributed by atoms with van der Waals surface area (Å²) in [4.78, 5) is 5.01. The van der Waals surface area contributed by atoms with Crippen molar-refractivity contribution in [2.45, 2.75) is 72.6 Å². The van der Waals surface area contributed by atoms with Crippen LogP contribution in [0.5, 0.6) is 5.75 Å². The topological polar surface area (TPSA) is 51.2 Å². The molecule has 0 spiro atoms. The van der Waals surface area contributed by atoms with Crippen LogP contribution in [0.15, 0.2) is 41.8 Å². The average Bonchev–Trinajstić information content (AvgIpc) is 2.89. The predicted octanol–water partition coefficient (Wildman–Crippen LogP) is 4.98. The molecule has 0 fully saturated rings.